The molecular weight excluding hydrogens is 322 g/mol. The lowest BCUT2D eigenvalue weighted by atomic mass is 10.3. The zero-order valence-corrected chi connectivity index (χ0v) is 13.8. The zero-order valence-electron chi connectivity index (χ0n) is 11.4. The Labute approximate surface area is 124 Å². The minimum atomic E-state index is -3.71. The van der Waals surface area contributed by atoms with Crippen molar-refractivity contribution in [3.05, 3.63) is 16.5 Å². The highest BCUT2D eigenvalue weighted by Gasteiger charge is 2.21. The molecule has 6 nitrogen and oxygen atoms in total. The third-order valence-electron chi connectivity index (χ3n) is 2.76. The fraction of sp³-hybridized carbons (Fsp3) is 0.545. The fourth-order valence-corrected chi connectivity index (χ4v) is 4.35. The minimum absolute atomic E-state index is 0.0160. The molecule has 9 heteroatoms. The molecular formula is C11H17NO5S3. The Balaban J connectivity index is 2.77. The van der Waals surface area contributed by atoms with E-state index in [1.54, 1.807) is 20.1 Å². The molecule has 0 saturated heterocycles. The lowest BCUT2D eigenvalue weighted by molar-refractivity contribution is 0.0701. The van der Waals surface area contributed by atoms with Crippen LogP contribution in [-0.2, 0) is 20.8 Å². The molecule has 0 aliphatic heterocycles. The van der Waals surface area contributed by atoms with Gasteiger partial charge in [0.2, 0.25) is 10.0 Å². The highest BCUT2D eigenvalue weighted by atomic mass is 32.2. The predicted octanol–water partition coefficient (Wildman–Crippen LogP) is 1.19. The normalized spacial score (nSPS) is 14.9. The molecule has 0 radical (unpaired) electrons. The van der Waals surface area contributed by atoms with Crippen molar-refractivity contribution in [2.24, 2.45) is 0 Å². The highest BCUT2D eigenvalue weighted by molar-refractivity contribution is 7.91. The third kappa shape index (κ3) is 4.37. The molecule has 1 rings (SSSR count). The Hall–Kier alpha value is -0.770. The van der Waals surface area contributed by atoms with Crippen molar-refractivity contribution >= 4 is 38.1 Å². The van der Waals surface area contributed by atoms with Gasteiger partial charge < -0.3 is 5.11 Å². The Morgan fingerprint density at radius 1 is 1.55 bits per heavy atom. The van der Waals surface area contributed by atoms with Gasteiger partial charge in [-0.3, -0.25) is 4.21 Å². The standard InChI is InChI=1S/C11H17NO5S3/c1-7-6-9(18-10(7)11(13)14)20(16,17)12-5-4-8(2)19(3)15/h6,8,12H,4-5H2,1-3H3,(H,13,14). The Bertz CT molecular complexity index is 620. The van der Waals surface area contributed by atoms with E-state index in [9.17, 15) is 17.4 Å². The van der Waals surface area contributed by atoms with Crippen molar-refractivity contribution in [2.75, 3.05) is 12.8 Å². The summed E-state index contributed by atoms with van der Waals surface area (Å²) in [7, 11) is -4.71. The van der Waals surface area contributed by atoms with Crippen molar-refractivity contribution in [3.8, 4) is 0 Å². The molecule has 0 amide bonds. The maximum atomic E-state index is 12.0. The Morgan fingerprint density at radius 3 is 2.60 bits per heavy atom. The number of thiophene rings is 1. The maximum absolute atomic E-state index is 12.0. The molecule has 0 saturated carbocycles. The molecule has 0 spiro atoms. The largest absolute Gasteiger partial charge is 0.477 e. The minimum Gasteiger partial charge on any atom is -0.477 e. The summed E-state index contributed by atoms with van der Waals surface area (Å²) in [5.41, 5.74) is 0.422. The van der Waals surface area contributed by atoms with Crippen LogP contribution in [0.15, 0.2) is 10.3 Å². The lowest BCUT2D eigenvalue weighted by Gasteiger charge is -2.08. The summed E-state index contributed by atoms with van der Waals surface area (Å²) in [6, 6.07) is 1.35. The van der Waals surface area contributed by atoms with Gasteiger partial charge in [-0.15, -0.1) is 11.3 Å². The monoisotopic (exact) mass is 339 g/mol. The van der Waals surface area contributed by atoms with E-state index in [1.807, 2.05) is 0 Å². The first-order chi connectivity index (χ1) is 9.15. The number of aryl methyl sites for hydroxylation is 1. The number of hydrogen-bond acceptors (Lipinski definition) is 5. The van der Waals surface area contributed by atoms with Crippen LogP contribution in [0.3, 0.4) is 0 Å². The lowest BCUT2D eigenvalue weighted by Crippen LogP contribution is -2.27. The average molecular weight is 339 g/mol. The van der Waals surface area contributed by atoms with E-state index in [4.69, 9.17) is 5.11 Å². The number of hydrogen-bond donors (Lipinski definition) is 2. The van der Waals surface area contributed by atoms with Crippen LogP contribution in [0.4, 0.5) is 0 Å². The smallest absolute Gasteiger partial charge is 0.346 e. The molecule has 0 bridgehead atoms. The molecule has 1 heterocycles. The van der Waals surface area contributed by atoms with Gasteiger partial charge in [0.15, 0.2) is 0 Å². The second-order valence-corrected chi connectivity index (χ2v) is 9.23. The van der Waals surface area contributed by atoms with E-state index < -0.39 is 26.8 Å². The van der Waals surface area contributed by atoms with Crippen molar-refractivity contribution < 1.29 is 22.5 Å². The molecule has 0 aliphatic carbocycles. The molecule has 2 unspecified atom stereocenters. The van der Waals surface area contributed by atoms with Crippen LogP contribution in [0.1, 0.15) is 28.6 Å². The molecule has 114 valence electrons. The van der Waals surface area contributed by atoms with E-state index in [1.165, 1.54) is 6.07 Å². The van der Waals surface area contributed by atoms with Crippen molar-refractivity contribution in [1.29, 1.82) is 0 Å². The van der Waals surface area contributed by atoms with Crippen LogP contribution in [0, 0.1) is 6.92 Å². The second kappa shape index (κ2) is 6.79. The molecule has 1 aromatic rings. The second-order valence-electron chi connectivity index (χ2n) is 4.38. The number of nitrogens with one attached hydrogen (secondary N) is 1. The Morgan fingerprint density at radius 2 is 2.15 bits per heavy atom. The molecule has 0 fully saturated rings. The molecule has 2 N–H and O–H groups in total. The van der Waals surface area contributed by atoms with Gasteiger partial charge in [0.1, 0.15) is 9.09 Å². The zero-order chi connectivity index (χ0) is 15.5. The van der Waals surface area contributed by atoms with Gasteiger partial charge in [0.05, 0.1) is 0 Å². The summed E-state index contributed by atoms with van der Waals surface area (Å²) < 4.78 is 37.5. The number of rotatable bonds is 7. The first-order valence-electron chi connectivity index (χ1n) is 5.80. The van der Waals surface area contributed by atoms with Gasteiger partial charge in [-0.05, 0) is 25.0 Å². The molecule has 1 aromatic heterocycles. The topological polar surface area (TPSA) is 101 Å². The van der Waals surface area contributed by atoms with Crippen LogP contribution < -0.4 is 4.72 Å². The summed E-state index contributed by atoms with van der Waals surface area (Å²) >= 11 is 0.730. The molecule has 20 heavy (non-hydrogen) atoms. The molecule has 0 aromatic carbocycles. The Kier molecular flexibility index (Phi) is 5.87. The fourth-order valence-electron chi connectivity index (χ4n) is 1.43. The average Bonchev–Trinajstić information content (AvgIpc) is 2.71. The number of carboxylic acids is 1. The van der Waals surface area contributed by atoms with E-state index in [2.05, 4.69) is 4.72 Å². The maximum Gasteiger partial charge on any atom is 0.346 e. The quantitative estimate of drug-likeness (QED) is 0.777. The van der Waals surface area contributed by atoms with Gasteiger partial charge in [0, 0.05) is 28.9 Å². The summed E-state index contributed by atoms with van der Waals surface area (Å²) in [4.78, 5) is 10.9. The van der Waals surface area contributed by atoms with Crippen molar-refractivity contribution in [3.63, 3.8) is 0 Å². The van der Waals surface area contributed by atoms with Crippen LogP contribution in [0.5, 0.6) is 0 Å². The van der Waals surface area contributed by atoms with Crippen LogP contribution >= 0.6 is 11.3 Å². The van der Waals surface area contributed by atoms with Crippen LogP contribution in [0.2, 0.25) is 0 Å². The number of carboxylic acid groups (broad SMARTS) is 1. The van der Waals surface area contributed by atoms with Crippen LogP contribution in [0.25, 0.3) is 0 Å². The van der Waals surface area contributed by atoms with Crippen molar-refractivity contribution in [2.45, 2.75) is 29.7 Å². The summed E-state index contributed by atoms with van der Waals surface area (Å²) in [5, 5.41) is 8.82. The summed E-state index contributed by atoms with van der Waals surface area (Å²) in [5.74, 6) is -1.14. The number of aromatic carboxylic acids is 1. The molecule has 2 atom stereocenters. The van der Waals surface area contributed by atoms with Gasteiger partial charge in [-0.1, -0.05) is 6.92 Å². The van der Waals surface area contributed by atoms with Crippen molar-refractivity contribution in [1.82, 2.24) is 4.72 Å². The van der Waals surface area contributed by atoms with Gasteiger partial charge >= 0.3 is 5.97 Å². The van der Waals surface area contributed by atoms with E-state index in [-0.39, 0.29) is 20.9 Å². The predicted molar refractivity (Wildman–Crippen MR) is 79.3 cm³/mol. The van der Waals surface area contributed by atoms with E-state index in [0.717, 1.165) is 11.3 Å². The SMILES string of the molecule is Cc1cc(S(=O)(=O)NCCC(C)S(C)=O)sc1C(=O)O. The first kappa shape index (κ1) is 17.3. The molecule has 0 aliphatic rings. The van der Waals surface area contributed by atoms with Gasteiger partial charge in [0.25, 0.3) is 0 Å². The van der Waals surface area contributed by atoms with Gasteiger partial charge in [-0.2, -0.15) is 0 Å². The number of carbonyl (C=O) groups is 1. The third-order valence-corrected chi connectivity index (χ3v) is 7.29. The first-order valence-corrected chi connectivity index (χ1v) is 9.73. The van der Waals surface area contributed by atoms with E-state index >= 15 is 0 Å². The highest BCUT2D eigenvalue weighted by Crippen LogP contribution is 2.25. The van der Waals surface area contributed by atoms with Gasteiger partial charge in [-0.25, -0.2) is 17.9 Å². The van der Waals surface area contributed by atoms with Crippen LogP contribution in [-0.4, -0.2) is 41.8 Å². The summed E-state index contributed by atoms with van der Waals surface area (Å²) in [6.45, 7) is 3.51. The summed E-state index contributed by atoms with van der Waals surface area (Å²) in [6.07, 6.45) is 2.03. The number of sulfonamides is 1. The van der Waals surface area contributed by atoms with E-state index in [0.29, 0.717) is 12.0 Å².